The molecule has 1 aromatic carbocycles. The fraction of sp³-hybridized carbons (Fsp3) is 0.333. The van der Waals surface area contributed by atoms with Gasteiger partial charge in [-0.05, 0) is 13.0 Å². The van der Waals surface area contributed by atoms with Crippen molar-refractivity contribution >= 4 is 17.7 Å². The number of nitro groups is 1. The molecule has 2 atom stereocenters. The number of carbonyl (C=O) groups excluding carboxylic acids is 1. The molecule has 1 aromatic rings. The third-order valence-electron chi connectivity index (χ3n) is 2.63. The fourth-order valence-electron chi connectivity index (χ4n) is 1.58. The molecule has 1 rings (SSSR count). The average molecular weight is 298 g/mol. The van der Waals surface area contributed by atoms with Crippen LogP contribution >= 0.6 is 0 Å². The lowest BCUT2D eigenvalue weighted by Crippen LogP contribution is -2.43. The summed E-state index contributed by atoms with van der Waals surface area (Å²) in [6, 6.07) is 4.21. The van der Waals surface area contributed by atoms with Crippen molar-refractivity contribution in [3.63, 3.8) is 0 Å². The van der Waals surface area contributed by atoms with Crippen molar-refractivity contribution in [3.8, 4) is 0 Å². The first kappa shape index (κ1) is 16.4. The Bertz CT molecular complexity index is 546. The minimum Gasteiger partial charge on any atom is -0.480 e. The number of carboxylic acids is 1. The molecule has 9 nitrogen and oxygen atoms in total. The molecule has 0 radical (unpaired) electrons. The predicted molar refractivity (Wildman–Crippen MR) is 69.6 cm³/mol. The Labute approximate surface area is 119 Å². The Balaban J connectivity index is 2.77. The highest BCUT2D eigenvalue weighted by Crippen LogP contribution is 2.26. The van der Waals surface area contributed by atoms with Crippen LogP contribution in [0.15, 0.2) is 24.3 Å². The second-order valence-corrected chi connectivity index (χ2v) is 4.08. The average Bonchev–Trinajstić information content (AvgIpc) is 2.44. The molecule has 0 fully saturated rings. The number of nitrogens with zero attached hydrogens (tertiary/aromatic N) is 1. The topological polar surface area (TPSA) is 139 Å². The molecule has 0 heterocycles. The second kappa shape index (κ2) is 7.20. The minimum atomic E-state index is -1.50. The van der Waals surface area contributed by atoms with Crippen LogP contribution in [0.5, 0.6) is 0 Å². The van der Waals surface area contributed by atoms with Gasteiger partial charge in [-0.15, -0.1) is 0 Å². The standard InChI is InChI=1S/C12H14N2O7/c1-7(8-4-2-3-5-10(8)14(19)20)21-12(18)13-9(6-15)11(16)17/h2-5,7,9,15H,6H2,1H3,(H,13,18)(H,16,17)/t7-,9-/m0/s1. The van der Waals surface area contributed by atoms with Gasteiger partial charge < -0.3 is 20.3 Å². The van der Waals surface area contributed by atoms with E-state index in [4.69, 9.17) is 14.9 Å². The summed E-state index contributed by atoms with van der Waals surface area (Å²) in [7, 11) is 0. The summed E-state index contributed by atoms with van der Waals surface area (Å²) < 4.78 is 4.88. The van der Waals surface area contributed by atoms with Crippen molar-refractivity contribution in [3.05, 3.63) is 39.9 Å². The van der Waals surface area contributed by atoms with E-state index in [0.717, 1.165) is 0 Å². The number of hydrogen-bond donors (Lipinski definition) is 3. The largest absolute Gasteiger partial charge is 0.480 e. The quantitative estimate of drug-likeness (QED) is 0.522. The van der Waals surface area contributed by atoms with Gasteiger partial charge >= 0.3 is 12.1 Å². The monoisotopic (exact) mass is 298 g/mol. The zero-order chi connectivity index (χ0) is 16.0. The molecule has 0 bridgehead atoms. The molecule has 0 aliphatic heterocycles. The summed E-state index contributed by atoms with van der Waals surface area (Å²) in [5, 5.41) is 30.2. The zero-order valence-corrected chi connectivity index (χ0v) is 11.1. The minimum absolute atomic E-state index is 0.175. The van der Waals surface area contributed by atoms with Crippen molar-refractivity contribution in [2.24, 2.45) is 0 Å². The molecule has 1 amide bonds. The lowest BCUT2D eigenvalue weighted by molar-refractivity contribution is -0.386. The predicted octanol–water partition coefficient (Wildman–Crippen LogP) is 0.827. The Hall–Kier alpha value is -2.68. The fourth-order valence-corrected chi connectivity index (χ4v) is 1.58. The number of carbonyl (C=O) groups is 2. The number of aliphatic carboxylic acids is 1. The highest BCUT2D eigenvalue weighted by atomic mass is 16.6. The smallest absolute Gasteiger partial charge is 0.408 e. The zero-order valence-electron chi connectivity index (χ0n) is 11.1. The van der Waals surface area contributed by atoms with Crippen LogP contribution in [0.1, 0.15) is 18.6 Å². The number of amides is 1. The Kier molecular flexibility index (Phi) is 5.61. The van der Waals surface area contributed by atoms with Crippen molar-refractivity contribution < 1.29 is 29.5 Å². The highest BCUT2D eigenvalue weighted by Gasteiger charge is 2.24. The molecule has 0 aromatic heterocycles. The number of rotatable bonds is 6. The van der Waals surface area contributed by atoms with Crippen molar-refractivity contribution in [1.82, 2.24) is 5.32 Å². The maximum Gasteiger partial charge on any atom is 0.408 e. The molecule has 21 heavy (non-hydrogen) atoms. The van der Waals surface area contributed by atoms with Crippen LogP contribution in [-0.4, -0.2) is 39.8 Å². The third kappa shape index (κ3) is 4.42. The van der Waals surface area contributed by atoms with Crippen LogP contribution in [0.3, 0.4) is 0 Å². The van der Waals surface area contributed by atoms with Gasteiger partial charge in [-0.3, -0.25) is 10.1 Å². The SMILES string of the molecule is C[C@H](OC(=O)N[C@@H](CO)C(=O)O)c1ccccc1[N+](=O)[O-]. The number of ether oxygens (including phenoxy) is 1. The number of alkyl carbamates (subject to hydrolysis) is 1. The van der Waals surface area contributed by atoms with Crippen molar-refractivity contribution in [1.29, 1.82) is 0 Å². The van der Waals surface area contributed by atoms with E-state index in [9.17, 15) is 19.7 Å². The lowest BCUT2D eigenvalue weighted by atomic mass is 10.1. The summed E-state index contributed by atoms with van der Waals surface area (Å²) >= 11 is 0. The van der Waals surface area contributed by atoms with E-state index in [-0.39, 0.29) is 11.3 Å². The van der Waals surface area contributed by atoms with E-state index in [2.05, 4.69) is 0 Å². The van der Waals surface area contributed by atoms with Crippen LogP contribution in [-0.2, 0) is 9.53 Å². The lowest BCUT2D eigenvalue weighted by Gasteiger charge is -2.16. The highest BCUT2D eigenvalue weighted by molar-refractivity contribution is 5.80. The van der Waals surface area contributed by atoms with Gasteiger partial charge in [-0.1, -0.05) is 12.1 Å². The number of nitrogens with one attached hydrogen (secondary N) is 1. The van der Waals surface area contributed by atoms with E-state index < -0.39 is 35.7 Å². The molecule has 0 aliphatic carbocycles. The maximum absolute atomic E-state index is 11.5. The van der Waals surface area contributed by atoms with Crippen LogP contribution in [0.4, 0.5) is 10.5 Å². The molecule has 0 spiro atoms. The summed E-state index contributed by atoms with van der Waals surface area (Å²) in [5.41, 5.74) is -0.0386. The first-order valence-electron chi connectivity index (χ1n) is 5.91. The molecule has 9 heteroatoms. The van der Waals surface area contributed by atoms with Gasteiger partial charge in [0, 0.05) is 6.07 Å². The van der Waals surface area contributed by atoms with E-state index >= 15 is 0 Å². The van der Waals surface area contributed by atoms with Crippen LogP contribution in [0, 0.1) is 10.1 Å². The van der Waals surface area contributed by atoms with Gasteiger partial charge in [-0.25, -0.2) is 9.59 Å². The van der Waals surface area contributed by atoms with Gasteiger partial charge in [0.05, 0.1) is 17.1 Å². The molecule has 3 N–H and O–H groups in total. The summed E-state index contributed by atoms with van der Waals surface area (Å²) in [6.45, 7) is 0.612. The number of para-hydroxylation sites is 1. The van der Waals surface area contributed by atoms with E-state index in [1.54, 1.807) is 6.07 Å². The van der Waals surface area contributed by atoms with Crippen molar-refractivity contribution in [2.45, 2.75) is 19.1 Å². The number of nitro benzene ring substituents is 1. The number of aliphatic hydroxyl groups excluding tert-OH is 1. The Morgan fingerprint density at radius 2 is 2.05 bits per heavy atom. The van der Waals surface area contributed by atoms with Gasteiger partial charge in [0.15, 0.2) is 6.04 Å². The Morgan fingerprint density at radius 1 is 1.43 bits per heavy atom. The van der Waals surface area contributed by atoms with Crippen LogP contribution in [0.25, 0.3) is 0 Å². The second-order valence-electron chi connectivity index (χ2n) is 4.08. The van der Waals surface area contributed by atoms with Crippen LogP contribution in [0.2, 0.25) is 0 Å². The molecule has 0 unspecified atom stereocenters. The van der Waals surface area contributed by atoms with Gasteiger partial charge in [0.2, 0.25) is 0 Å². The van der Waals surface area contributed by atoms with E-state index in [1.165, 1.54) is 25.1 Å². The number of carboxylic acid groups (broad SMARTS) is 1. The van der Waals surface area contributed by atoms with Gasteiger partial charge in [0.1, 0.15) is 6.10 Å². The van der Waals surface area contributed by atoms with Crippen molar-refractivity contribution in [2.75, 3.05) is 6.61 Å². The van der Waals surface area contributed by atoms with Gasteiger partial charge in [0.25, 0.3) is 5.69 Å². The summed E-state index contributed by atoms with van der Waals surface area (Å²) in [5.74, 6) is -1.42. The third-order valence-corrected chi connectivity index (χ3v) is 2.63. The maximum atomic E-state index is 11.5. The van der Waals surface area contributed by atoms with Gasteiger partial charge in [-0.2, -0.15) is 0 Å². The summed E-state index contributed by atoms with van der Waals surface area (Å²) in [6.07, 6.45) is -2.05. The molecular formula is C12H14N2O7. The molecule has 0 aliphatic rings. The normalized spacial score (nSPS) is 13.0. The Morgan fingerprint density at radius 3 is 2.57 bits per heavy atom. The first-order chi connectivity index (χ1) is 9.86. The molecule has 0 saturated carbocycles. The van der Waals surface area contributed by atoms with E-state index in [1.807, 2.05) is 5.32 Å². The summed E-state index contributed by atoms with van der Waals surface area (Å²) in [4.78, 5) is 32.4. The number of hydrogen-bond acceptors (Lipinski definition) is 6. The number of aliphatic hydroxyl groups is 1. The first-order valence-corrected chi connectivity index (χ1v) is 5.91. The van der Waals surface area contributed by atoms with Crippen LogP contribution < -0.4 is 5.32 Å². The van der Waals surface area contributed by atoms with E-state index in [0.29, 0.717) is 0 Å². The molecular weight excluding hydrogens is 284 g/mol. The molecule has 0 saturated heterocycles. The number of benzene rings is 1. The molecule has 114 valence electrons.